The molecule has 0 bridgehead atoms. The van der Waals surface area contributed by atoms with E-state index in [2.05, 4.69) is 124 Å². The highest BCUT2D eigenvalue weighted by molar-refractivity contribution is 7.76. The Balaban J connectivity index is 1.10. The molecule has 8 aromatic carbocycles. The quantitative estimate of drug-likeness (QED) is 0.162. The summed E-state index contributed by atoms with van der Waals surface area (Å²) in [6.45, 7) is 0. The van der Waals surface area contributed by atoms with E-state index in [1.54, 1.807) is 0 Å². The van der Waals surface area contributed by atoms with Crippen LogP contribution in [-0.4, -0.2) is 4.57 Å². The monoisotopic (exact) mass is 699 g/mol. The first-order valence-electron chi connectivity index (χ1n) is 17.9. The minimum Gasteiger partial charge on any atom is -0.309 e. The molecule has 53 heavy (non-hydrogen) atoms. The number of nitrogens with zero attached hydrogens (tertiary/aromatic N) is 3. The molecule has 4 nitrogen and oxygen atoms in total. The average Bonchev–Trinajstić information content (AvgIpc) is 3.71. The van der Waals surface area contributed by atoms with Crippen LogP contribution in [0.3, 0.4) is 0 Å². The van der Waals surface area contributed by atoms with Crippen LogP contribution in [0.2, 0.25) is 0 Å². The molecule has 0 spiro atoms. The van der Waals surface area contributed by atoms with Crippen molar-refractivity contribution in [3.05, 3.63) is 206 Å². The molecule has 1 aliphatic heterocycles. The van der Waals surface area contributed by atoms with Gasteiger partial charge in [-0.1, -0.05) is 127 Å². The summed E-state index contributed by atoms with van der Waals surface area (Å²) in [4.78, 5) is 0. The van der Waals surface area contributed by atoms with E-state index < -0.39 is 7.44 Å². The van der Waals surface area contributed by atoms with E-state index in [0.29, 0.717) is 0 Å². The van der Waals surface area contributed by atoms with Gasteiger partial charge >= 0.3 is 7.44 Å². The Bertz CT molecular complexity index is 2800. The molecule has 0 N–H and O–H groups in total. The maximum atomic E-state index is 15.9. The first-order valence-corrected chi connectivity index (χ1v) is 19.5. The zero-order valence-electron chi connectivity index (χ0n) is 28.8. The Morgan fingerprint density at radius 1 is 0.340 bits per heavy atom. The number of fused-ring (bicyclic) bond motifs is 4. The second kappa shape index (κ2) is 12.6. The second-order valence-corrected chi connectivity index (χ2v) is 15.8. The van der Waals surface area contributed by atoms with E-state index >= 15 is 4.57 Å². The van der Waals surface area contributed by atoms with E-state index in [-0.39, 0.29) is 0 Å². The predicted octanol–water partition coefficient (Wildman–Crippen LogP) is 12.9. The van der Waals surface area contributed by atoms with Crippen molar-refractivity contribution in [3.8, 4) is 27.9 Å². The third-order valence-electron chi connectivity index (χ3n) is 10.3. The van der Waals surface area contributed by atoms with Crippen LogP contribution < -0.4 is 14.6 Å². The van der Waals surface area contributed by atoms with E-state index in [4.69, 9.17) is 0 Å². The van der Waals surface area contributed by atoms with Gasteiger partial charge in [-0.15, -0.1) is 0 Å². The number of aromatic nitrogens is 1. The molecule has 10 rings (SSSR count). The molecule has 0 saturated carbocycles. The Kier molecular flexibility index (Phi) is 7.38. The summed E-state index contributed by atoms with van der Waals surface area (Å²) in [5.41, 5.74) is 11.6. The Morgan fingerprint density at radius 3 is 1.51 bits per heavy atom. The van der Waals surface area contributed by atoms with Crippen molar-refractivity contribution in [1.82, 2.24) is 4.57 Å². The van der Waals surface area contributed by atoms with Gasteiger partial charge in [0.25, 0.3) is 0 Å². The average molecular weight is 700 g/mol. The van der Waals surface area contributed by atoms with Gasteiger partial charge in [0.05, 0.1) is 27.7 Å². The van der Waals surface area contributed by atoms with E-state index in [0.717, 1.165) is 44.9 Å². The van der Waals surface area contributed by atoms with Crippen LogP contribution in [0.25, 0.3) is 49.7 Å². The SMILES string of the molecule is O=P1(c2ccccc2)N(c2ccccc2)c2ccc(-c3ccc(-n4c5ccccc5c5cc(-c6ccccc6)ccc54)cc3)cc2N1c1ccccc1. The van der Waals surface area contributed by atoms with E-state index in [1.807, 2.05) is 95.7 Å². The standard InChI is InChI=1S/C48H34N3OP/c52-53(42-21-11-4-12-22-42)50(40-17-7-2-8-18-40)47-32-28-38(34-48(47)51(53)41-19-9-3-10-20-41)36-25-29-39(30-26-36)49-45-24-14-13-23-43(45)44-33-37(27-31-46(44)49)35-15-5-1-6-16-35/h1-34H. The maximum Gasteiger partial charge on any atom is 0.301 e. The van der Waals surface area contributed by atoms with Crippen molar-refractivity contribution in [2.75, 3.05) is 9.34 Å². The number of para-hydroxylation sites is 3. The van der Waals surface area contributed by atoms with Gasteiger partial charge < -0.3 is 4.57 Å². The van der Waals surface area contributed by atoms with Crippen LogP contribution in [-0.2, 0) is 4.57 Å². The van der Waals surface area contributed by atoms with Gasteiger partial charge in [0.1, 0.15) is 0 Å². The predicted molar refractivity (Wildman–Crippen MR) is 222 cm³/mol. The molecule has 1 aromatic heterocycles. The number of benzene rings is 8. The molecular formula is C48H34N3OP. The van der Waals surface area contributed by atoms with Crippen molar-refractivity contribution in [1.29, 1.82) is 0 Å². The fourth-order valence-electron chi connectivity index (χ4n) is 7.88. The Morgan fingerprint density at radius 2 is 0.830 bits per heavy atom. The van der Waals surface area contributed by atoms with Gasteiger partial charge in [-0.3, -0.25) is 13.9 Å². The lowest BCUT2D eigenvalue weighted by atomic mass is 10.0. The van der Waals surface area contributed by atoms with Crippen LogP contribution in [0.4, 0.5) is 22.7 Å². The normalized spacial score (nSPS) is 15.2. The van der Waals surface area contributed by atoms with E-state index in [1.165, 1.54) is 32.9 Å². The molecule has 0 fully saturated rings. The van der Waals surface area contributed by atoms with Gasteiger partial charge in [0.15, 0.2) is 0 Å². The lowest BCUT2D eigenvalue weighted by molar-refractivity contribution is 0.582. The zero-order chi connectivity index (χ0) is 35.4. The van der Waals surface area contributed by atoms with Crippen LogP contribution >= 0.6 is 7.44 Å². The van der Waals surface area contributed by atoms with Crippen molar-refractivity contribution < 1.29 is 4.57 Å². The summed E-state index contributed by atoms with van der Waals surface area (Å²) >= 11 is 0. The minimum atomic E-state index is -3.43. The number of hydrogen-bond donors (Lipinski definition) is 0. The third kappa shape index (κ3) is 5.03. The summed E-state index contributed by atoms with van der Waals surface area (Å²) in [7, 11) is -3.43. The third-order valence-corrected chi connectivity index (χ3v) is 13.3. The van der Waals surface area contributed by atoms with Gasteiger partial charge in [-0.2, -0.15) is 0 Å². The summed E-state index contributed by atoms with van der Waals surface area (Å²) in [6, 6.07) is 71.3. The molecule has 0 radical (unpaired) electrons. The van der Waals surface area contributed by atoms with Crippen LogP contribution in [0.5, 0.6) is 0 Å². The summed E-state index contributed by atoms with van der Waals surface area (Å²) in [6.07, 6.45) is 0. The molecule has 0 saturated heterocycles. The molecule has 2 heterocycles. The van der Waals surface area contributed by atoms with Gasteiger partial charge in [0.2, 0.25) is 0 Å². The topological polar surface area (TPSA) is 28.5 Å². The first-order chi connectivity index (χ1) is 26.2. The Hall–Kier alpha value is -6.61. The highest BCUT2D eigenvalue weighted by Crippen LogP contribution is 2.70. The molecule has 9 aromatic rings. The second-order valence-electron chi connectivity index (χ2n) is 13.4. The highest BCUT2D eigenvalue weighted by Gasteiger charge is 2.49. The van der Waals surface area contributed by atoms with Crippen molar-refractivity contribution >= 4 is 57.3 Å². The molecule has 1 atom stereocenters. The summed E-state index contributed by atoms with van der Waals surface area (Å²) < 4.78 is 22.4. The van der Waals surface area contributed by atoms with Gasteiger partial charge in [0, 0.05) is 27.8 Å². The van der Waals surface area contributed by atoms with Crippen molar-refractivity contribution in [2.24, 2.45) is 0 Å². The van der Waals surface area contributed by atoms with E-state index in [9.17, 15) is 0 Å². The summed E-state index contributed by atoms with van der Waals surface area (Å²) in [5, 5.41) is 3.24. The smallest absolute Gasteiger partial charge is 0.301 e. The minimum absolute atomic E-state index is 0.775. The van der Waals surface area contributed by atoms with Crippen molar-refractivity contribution in [2.45, 2.75) is 0 Å². The fraction of sp³-hybridized carbons (Fsp3) is 0. The largest absolute Gasteiger partial charge is 0.309 e. The van der Waals surface area contributed by atoms with Crippen LogP contribution in [0.15, 0.2) is 206 Å². The number of anilines is 4. The van der Waals surface area contributed by atoms with Crippen molar-refractivity contribution in [3.63, 3.8) is 0 Å². The van der Waals surface area contributed by atoms with Gasteiger partial charge in [-0.05, 0) is 101 Å². The molecule has 1 aliphatic rings. The molecule has 1 unspecified atom stereocenters. The molecule has 252 valence electrons. The number of rotatable bonds is 6. The number of hydrogen-bond acceptors (Lipinski definition) is 1. The first kappa shape index (κ1) is 31.2. The summed E-state index contributed by atoms with van der Waals surface area (Å²) in [5.74, 6) is 0. The highest BCUT2D eigenvalue weighted by atomic mass is 31.2. The fourth-order valence-corrected chi connectivity index (χ4v) is 10.9. The molecular weight excluding hydrogens is 666 g/mol. The zero-order valence-corrected chi connectivity index (χ0v) is 29.7. The molecule has 0 aliphatic carbocycles. The maximum absolute atomic E-state index is 15.9. The van der Waals surface area contributed by atoms with Gasteiger partial charge in [-0.25, -0.2) is 0 Å². The van der Waals surface area contributed by atoms with Crippen LogP contribution in [0, 0.1) is 0 Å². The lowest BCUT2D eigenvalue weighted by Crippen LogP contribution is -2.26. The lowest BCUT2D eigenvalue weighted by Gasteiger charge is -2.33. The Labute approximate surface area is 308 Å². The van der Waals surface area contributed by atoms with Crippen LogP contribution in [0.1, 0.15) is 0 Å². The molecule has 0 amide bonds. The molecule has 5 heteroatoms.